The normalized spacial score (nSPS) is 20.9. The van der Waals surface area contributed by atoms with Crippen LogP contribution in [-0.2, 0) is 4.79 Å². The number of carbonyl (C=O) groups is 1. The summed E-state index contributed by atoms with van der Waals surface area (Å²) in [4.78, 5) is 11.1. The summed E-state index contributed by atoms with van der Waals surface area (Å²) in [5.74, 6) is 1.47. The second kappa shape index (κ2) is 5.20. The predicted molar refractivity (Wildman–Crippen MR) is 77.7 cm³/mol. The summed E-state index contributed by atoms with van der Waals surface area (Å²) >= 11 is 0. The third kappa shape index (κ3) is 2.89. The van der Waals surface area contributed by atoms with Gasteiger partial charge < -0.3 is 4.74 Å². The van der Waals surface area contributed by atoms with E-state index in [1.807, 2.05) is 6.92 Å². The Hall–Kier alpha value is -1.57. The van der Waals surface area contributed by atoms with Gasteiger partial charge in [-0.1, -0.05) is 24.6 Å². The van der Waals surface area contributed by atoms with Gasteiger partial charge in [-0.05, 0) is 55.9 Å². The highest BCUT2D eigenvalue weighted by molar-refractivity contribution is 5.70. The summed E-state index contributed by atoms with van der Waals surface area (Å²) in [7, 11) is 0. The average molecular weight is 258 g/mol. The third-order valence-electron chi connectivity index (χ3n) is 3.71. The van der Waals surface area contributed by atoms with Crippen molar-refractivity contribution in [3.63, 3.8) is 0 Å². The molecule has 2 nitrogen and oxygen atoms in total. The van der Waals surface area contributed by atoms with Gasteiger partial charge in [-0.15, -0.1) is 0 Å². The Bertz CT molecular complexity index is 536. The number of hydrogen-bond donors (Lipinski definition) is 0. The Balaban J connectivity index is 2.44. The molecule has 0 bridgehead atoms. The van der Waals surface area contributed by atoms with Gasteiger partial charge in [0, 0.05) is 12.8 Å². The number of allylic oxidation sites excluding steroid dienone is 2. The molecular formula is C17H22O2. The van der Waals surface area contributed by atoms with Crippen LogP contribution in [0.5, 0.6) is 5.75 Å². The third-order valence-corrected chi connectivity index (χ3v) is 3.71. The lowest BCUT2D eigenvalue weighted by Gasteiger charge is -2.12. The van der Waals surface area contributed by atoms with Crippen molar-refractivity contribution in [1.29, 1.82) is 0 Å². The molecule has 1 aliphatic carbocycles. The average Bonchev–Trinajstić information content (AvgIpc) is 2.55. The Kier molecular flexibility index (Phi) is 3.79. The van der Waals surface area contributed by atoms with E-state index in [1.54, 1.807) is 0 Å². The van der Waals surface area contributed by atoms with E-state index in [0.717, 1.165) is 12.0 Å². The van der Waals surface area contributed by atoms with Crippen molar-refractivity contribution >= 4 is 5.97 Å². The highest BCUT2D eigenvalue weighted by atomic mass is 16.5. The molecule has 1 aliphatic rings. The van der Waals surface area contributed by atoms with Gasteiger partial charge in [0.05, 0.1) is 0 Å². The molecule has 0 aromatic heterocycles. The van der Waals surface area contributed by atoms with Crippen LogP contribution in [0.4, 0.5) is 0 Å². The topological polar surface area (TPSA) is 26.3 Å². The molecule has 2 atom stereocenters. The number of aryl methyl sites for hydroxylation is 1. The molecule has 102 valence electrons. The quantitative estimate of drug-likeness (QED) is 0.444. The van der Waals surface area contributed by atoms with E-state index in [-0.39, 0.29) is 5.97 Å². The van der Waals surface area contributed by atoms with Crippen LogP contribution in [0.2, 0.25) is 0 Å². The zero-order chi connectivity index (χ0) is 14.2. The summed E-state index contributed by atoms with van der Waals surface area (Å²) in [6.07, 6.45) is 3.48. The largest absolute Gasteiger partial charge is 0.426 e. The Morgan fingerprint density at radius 3 is 2.53 bits per heavy atom. The van der Waals surface area contributed by atoms with Crippen LogP contribution < -0.4 is 4.74 Å². The zero-order valence-corrected chi connectivity index (χ0v) is 12.4. The van der Waals surface area contributed by atoms with Crippen LogP contribution in [0, 0.1) is 6.92 Å². The summed E-state index contributed by atoms with van der Waals surface area (Å²) in [5.41, 5.74) is 5.11. The van der Waals surface area contributed by atoms with E-state index >= 15 is 0 Å². The van der Waals surface area contributed by atoms with E-state index in [2.05, 4.69) is 39.0 Å². The molecule has 2 rings (SSSR count). The first-order chi connectivity index (χ1) is 8.88. The standard InChI is InChI=1S/C17H22O2/c1-10(2)6-14-7-11(3)15-9-17(19-13(5)18)12(4)8-16(14)15/h6,8-9,11,14H,7H2,1-5H3/t11-,14+/m1/s1. The fraction of sp³-hybridized carbons (Fsp3) is 0.471. The molecular weight excluding hydrogens is 236 g/mol. The number of hydrogen-bond acceptors (Lipinski definition) is 2. The number of esters is 1. The van der Waals surface area contributed by atoms with Gasteiger partial charge in [0.2, 0.25) is 0 Å². The van der Waals surface area contributed by atoms with E-state index in [9.17, 15) is 4.79 Å². The first kappa shape index (κ1) is 13.9. The van der Waals surface area contributed by atoms with Crippen LogP contribution in [0.15, 0.2) is 23.8 Å². The molecule has 0 unspecified atom stereocenters. The van der Waals surface area contributed by atoms with E-state index in [0.29, 0.717) is 17.6 Å². The van der Waals surface area contributed by atoms with Crippen LogP contribution in [-0.4, -0.2) is 5.97 Å². The van der Waals surface area contributed by atoms with Crippen LogP contribution in [0.25, 0.3) is 0 Å². The molecule has 0 saturated carbocycles. The van der Waals surface area contributed by atoms with Crippen LogP contribution in [0.1, 0.15) is 62.6 Å². The smallest absolute Gasteiger partial charge is 0.308 e. The minimum Gasteiger partial charge on any atom is -0.426 e. The van der Waals surface area contributed by atoms with Crippen molar-refractivity contribution < 1.29 is 9.53 Å². The van der Waals surface area contributed by atoms with E-state index < -0.39 is 0 Å². The molecule has 0 radical (unpaired) electrons. The molecule has 19 heavy (non-hydrogen) atoms. The van der Waals surface area contributed by atoms with Crippen molar-refractivity contribution in [2.45, 2.75) is 52.9 Å². The highest BCUT2D eigenvalue weighted by Crippen LogP contribution is 2.45. The maximum Gasteiger partial charge on any atom is 0.308 e. The lowest BCUT2D eigenvalue weighted by Crippen LogP contribution is -2.04. The van der Waals surface area contributed by atoms with Crippen molar-refractivity contribution in [2.75, 3.05) is 0 Å². The van der Waals surface area contributed by atoms with Gasteiger partial charge in [0.1, 0.15) is 5.75 Å². The fourth-order valence-corrected chi connectivity index (χ4v) is 2.93. The van der Waals surface area contributed by atoms with Crippen LogP contribution in [0.3, 0.4) is 0 Å². The predicted octanol–water partition coefficient (Wildman–Crippen LogP) is 4.48. The van der Waals surface area contributed by atoms with Gasteiger partial charge in [0.25, 0.3) is 0 Å². The summed E-state index contributed by atoms with van der Waals surface area (Å²) in [6.45, 7) is 9.97. The molecule has 0 spiro atoms. The second-order valence-corrected chi connectivity index (χ2v) is 5.83. The van der Waals surface area contributed by atoms with Crippen LogP contribution >= 0.6 is 0 Å². The van der Waals surface area contributed by atoms with Crippen molar-refractivity contribution in [3.05, 3.63) is 40.5 Å². The molecule has 0 fully saturated rings. The Morgan fingerprint density at radius 1 is 1.26 bits per heavy atom. The van der Waals surface area contributed by atoms with Gasteiger partial charge in [-0.3, -0.25) is 4.79 Å². The molecule has 0 saturated heterocycles. The molecule has 1 aromatic carbocycles. The van der Waals surface area contributed by atoms with Crippen molar-refractivity contribution in [2.24, 2.45) is 0 Å². The highest BCUT2D eigenvalue weighted by Gasteiger charge is 2.28. The monoisotopic (exact) mass is 258 g/mol. The van der Waals surface area contributed by atoms with Crippen molar-refractivity contribution in [3.8, 4) is 5.75 Å². The molecule has 0 heterocycles. The van der Waals surface area contributed by atoms with Gasteiger partial charge >= 0.3 is 5.97 Å². The number of benzene rings is 1. The van der Waals surface area contributed by atoms with E-state index in [4.69, 9.17) is 4.74 Å². The SMILES string of the molecule is CC(=O)Oc1cc2c(cc1C)[C@@H](C=C(C)C)C[C@H]2C. The number of ether oxygens (including phenoxy) is 1. The van der Waals surface area contributed by atoms with Gasteiger partial charge in [0.15, 0.2) is 0 Å². The first-order valence-corrected chi connectivity index (χ1v) is 6.86. The lowest BCUT2D eigenvalue weighted by molar-refractivity contribution is -0.131. The number of rotatable bonds is 2. The number of carbonyl (C=O) groups excluding carboxylic acids is 1. The summed E-state index contributed by atoms with van der Waals surface area (Å²) in [6, 6.07) is 4.23. The first-order valence-electron chi connectivity index (χ1n) is 6.86. The van der Waals surface area contributed by atoms with Crippen molar-refractivity contribution in [1.82, 2.24) is 0 Å². The summed E-state index contributed by atoms with van der Waals surface area (Å²) in [5, 5.41) is 0. The zero-order valence-electron chi connectivity index (χ0n) is 12.4. The lowest BCUT2D eigenvalue weighted by atomic mass is 9.97. The molecule has 0 amide bonds. The minimum absolute atomic E-state index is 0.255. The Morgan fingerprint density at radius 2 is 1.95 bits per heavy atom. The Labute approximate surface area is 115 Å². The molecule has 2 heteroatoms. The van der Waals surface area contributed by atoms with Gasteiger partial charge in [-0.25, -0.2) is 0 Å². The molecule has 0 N–H and O–H groups in total. The second-order valence-electron chi connectivity index (χ2n) is 5.83. The molecule has 0 aliphatic heterocycles. The summed E-state index contributed by atoms with van der Waals surface area (Å²) < 4.78 is 5.28. The number of fused-ring (bicyclic) bond motifs is 1. The maximum atomic E-state index is 11.1. The van der Waals surface area contributed by atoms with E-state index in [1.165, 1.54) is 23.6 Å². The van der Waals surface area contributed by atoms with Gasteiger partial charge in [-0.2, -0.15) is 0 Å². The fourth-order valence-electron chi connectivity index (χ4n) is 2.93. The maximum absolute atomic E-state index is 11.1. The molecule has 1 aromatic rings. The minimum atomic E-state index is -0.255.